The van der Waals surface area contributed by atoms with Gasteiger partial charge in [0.1, 0.15) is 23.5 Å². The molecule has 0 saturated heterocycles. The molecule has 1 aliphatic carbocycles. The first-order chi connectivity index (χ1) is 14.7. The van der Waals surface area contributed by atoms with Gasteiger partial charge in [-0.2, -0.15) is 4.98 Å². The Labute approximate surface area is 176 Å². The number of ether oxygens (including phenoxy) is 1. The smallest absolute Gasteiger partial charge is 0.365 e. The van der Waals surface area contributed by atoms with Gasteiger partial charge in [0.05, 0.1) is 17.7 Å². The number of nitrogens with zero attached hydrogens (tertiary/aromatic N) is 4. The number of benzene rings is 1. The minimum Gasteiger partial charge on any atom is -0.492 e. The van der Waals surface area contributed by atoms with E-state index in [1.807, 2.05) is 19.1 Å². The first-order valence-corrected chi connectivity index (χ1v) is 10.9. The number of carbonyl (C=O) groups is 1. The van der Waals surface area contributed by atoms with Crippen molar-refractivity contribution in [3.8, 4) is 5.75 Å². The van der Waals surface area contributed by atoms with E-state index >= 15 is 0 Å². The molecule has 0 bridgehead atoms. The van der Waals surface area contributed by atoms with Gasteiger partial charge in [-0.15, -0.1) is 11.3 Å². The highest BCUT2D eigenvalue weighted by atomic mass is 32.1. The quantitative estimate of drug-likeness (QED) is 0.533. The maximum atomic E-state index is 12.7. The lowest BCUT2D eigenvalue weighted by atomic mass is 9.97. The molecule has 0 saturated carbocycles. The van der Waals surface area contributed by atoms with Crippen molar-refractivity contribution in [2.75, 3.05) is 11.9 Å². The van der Waals surface area contributed by atoms with Crippen molar-refractivity contribution < 1.29 is 9.53 Å². The zero-order valence-electron chi connectivity index (χ0n) is 16.6. The number of amides is 1. The van der Waals surface area contributed by atoms with Crippen molar-refractivity contribution in [3.63, 3.8) is 0 Å². The molecule has 1 amide bonds. The topological polar surface area (TPSA) is 90.5 Å². The number of thiophene rings is 1. The molecule has 1 aromatic carbocycles. The third-order valence-corrected chi connectivity index (χ3v) is 6.51. The maximum absolute atomic E-state index is 12.7. The fraction of sp³-hybridized carbons (Fsp3) is 0.333. The molecule has 0 radical (unpaired) electrons. The van der Waals surface area contributed by atoms with Gasteiger partial charge in [0.15, 0.2) is 5.65 Å². The molecule has 0 atom stereocenters. The summed E-state index contributed by atoms with van der Waals surface area (Å²) in [4.78, 5) is 36.4. The number of hydrogen-bond acceptors (Lipinski definition) is 6. The third kappa shape index (κ3) is 3.15. The summed E-state index contributed by atoms with van der Waals surface area (Å²) in [6.45, 7) is 2.21. The molecule has 0 aliphatic heterocycles. The minimum atomic E-state index is -0.465. The van der Waals surface area contributed by atoms with Gasteiger partial charge in [0.2, 0.25) is 5.91 Å². The Morgan fingerprint density at radius 2 is 2.10 bits per heavy atom. The first-order valence-electron chi connectivity index (χ1n) is 10.1. The molecule has 9 heteroatoms. The number of rotatable bonds is 5. The Hall–Kier alpha value is -3.20. The Balaban J connectivity index is 1.50. The maximum Gasteiger partial charge on any atom is 0.365 e. The van der Waals surface area contributed by atoms with Gasteiger partial charge < -0.3 is 10.1 Å². The van der Waals surface area contributed by atoms with Crippen LogP contribution in [-0.2, 0) is 24.2 Å². The lowest BCUT2D eigenvalue weighted by molar-refractivity contribution is -0.117. The SMILES string of the molecule is CCOc1ccccc1NC(=O)Cn1c(=O)nc2c3c4c(sc3ncn21)CCCC4. The fourth-order valence-corrected chi connectivity index (χ4v) is 5.22. The minimum absolute atomic E-state index is 0.167. The van der Waals surface area contributed by atoms with Crippen molar-refractivity contribution in [1.82, 2.24) is 19.2 Å². The fourth-order valence-electron chi connectivity index (χ4n) is 3.99. The summed E-state index contributed by atoms with van der Waals surface area (Å²) in [5.74, 6) is 0.255. The third-order valence-electron chi connectivity index (χ3n) is 5.31. The highest BCUT2D eigenvalue weighted by Gasteiger charge is 2.22. The Bertz CT molecular complexity index is 1320. The lowest BCUT2D eigenvalue weighted by Gasteiger charge is -2.12. The van der Waals surface area contributed by atoms with E-state index in [0.29, 0.717) is 23.7 Å². The average molecular weight is 423 g/mol. The number of fused-ring (bicyclic) bond motifs is 5. The van der Waals surface area contributed by atoms with Crippen LogP contribution in [0.25, 0.3) is 15.9 Å². The van der Waals surface area contributed by atoms with Crippen LogP contribution in [0.1, 0.15) is 30.2 Å². The summed E-state index contributed by atoms with van der Waals surface area (Å²) in [5, 5.41) is 3.78. The molecule has 0 unspecified atom stereocenters. The number of nitrogens with one attached hydrogen (secondary N) is 1. The first kappa shape index (κ1) is 18.8. The van der Waals surface area contributed by atoms with Gasteiger partial charge in [-0.25, -0.2) is 19.0 Å². The molecule has 154 valence electrons. The van der Waals surface area contributed by atoms with E-state index in [1.54, 1.807) is 34.3 Å². The van der Waals surface area contributed by atoms with E-state index in [-0.39, 0.29) is 12.5 Å². The van der Waals surface area contributed by atoms with Crippen LogP contribution in [0.3, 0.4) is 0 Å². The van der Waals surface area contributed by atoms with Crippen LogP contribution < -0.4 is 15.7 Å². The Kier molecular flexibility index (Phi) is 4.74. The molecule has 5 rings (SSSR count). The number of hydrogen-bond donors (Lipinski definition) is 1. The molecule has 3 heterocycles. The predicted molar refractivity (Wildman–Crippen MR) is 116 cm³/mol. The number of aromatic nitrogens is 4. The van der Waals surface area contributed by atoms with E-state index in [1.165, 1.54) is 21.5 Å². The molecule has 8 nitrogen and oxygen atoms in total. The summed E-state index contributed by atoms with van der Waals surface area (Å²) in [6.07, 6.45) is 5.92. The van der Waals surface area contributed by atoms with Crippen molar-refractivity contribution in [3.05, 3.63) is 51.5 Å². The van der Waals surface area contributed by atoms with Gasteiger partial charge in [-0.05, 0) is 50.3 Å². The zero-order chi connectivity index (χ0) is 20.7. The van der Waals surface area contributed by atoms with Crippen LogP contribution in [-0.4, -0.2) is 31.7 Å². The van der Waals surface area contributed by atoms with Crippen LogP contribution in [0.2, 0.25) is 0 Å². The average Bonchev–Trinajstić information content (AvgIpc) is 3.27. The lowest BCUT2D eigenvalue weighted by Crippen LogP contribution is -2.28. The Morgan fingerprint density at radius 1 is 1.27 bits per heavy atom. The van der Waals surface area contributed by atoms with Gasteiger partial charge in [-0.1, -0.05) is 12.1 Å². The van der Waals surface area contributed by atoms with Gasteiger partial charge in [0.25, 0.3) is 0 Å². The second kappa shape index (κ2) is 7.56. The highest BCUT2D eigenvalue weighted by Crippen LogP contribution is 2.36. The largest absolute Gasteiger partial charge is 0.492 e. The predicted octanol–water partition coefficient (Wildman–Crippen LogP) is 3.02. The van der Waals surface area contributed by atoms with E-state index in [2.05, 4.69) is 15.3 Å². The molecule has 4 aromatic rings. The monoisotopic (exact) mass is 423 g/mol. The normalized spacial score (nSPS) is 13.5. The summed E-state index contributed by atoms with van der Waals surface area (Å²) in [5.41, 5.74) is 1.94. The van der Waals surface area contributed by atoms with Gasteiger partial charge >= 0.3 is 5.69 Å². The molecular weight excluding hydrogens is 402 g/mol. The summed E-state index contributed by atoms with van der Waals surface area (Å²) >= 11 is 1.68. The molecule has 1 N–H and O–H groups in total. The van der Waals surface area contributed by atoms with Gasteiger partial charge in [0, 0.05) is 4.88 Å². The van der Waals surface area contributed by atoms with Crippen LogP contribution in [0, 0.1) is 0 Å². The highest BCUT2D eigenvalue weighted by molar-refractivity contribution is 7.19. The van der Waals surface area contributed by atoms with Crippen LogP contribution in [0.4, 0.5) is 5.69 Å². The van der Waals surface area contributed by atoms with E-state index in [9.17, 15) is 9.59 Å². The molecule has 30 heavy (non-hydrogen) atoms. The molecular formula is C21H21N5O3S. The Morgan fingerprint density at radius 3 is 2.97 bits per heavy atom. The number of para-hydroxylation sites is 2. The van der Waals surface area contributed by atoms with E-state index in [0.717, 1.165) is 29.5 Å². The standard InChI is InChI=1S/C21H21N5O3S/c1-2-29-15-9-5-4-8-14(15)23-17(27)11-25-21(28)24-19-18-13-7-3-6-10-16(13)30-20(18)22-12-26(19)25/h4-5,8-9,12H,2-3,6-7,10-11H2,1H3,(H,23,27). The van der Waals surface area contributed by atoms with Crippen molar-refractivity contribution in [2.24, 2.45) is 0 Å². The van der Waals surface area contributed by atoms with Crippen LogP contribution in [0.5, 0.6) is 5.75 Å². The molecule has 1 aliphatic rings. The van der Waals surface area contributed by atoms with E-state index < -0.39 is 5.69 Å². The molecule has 0 spiro atoms. The second-order valence-electron chi connectivity index (χ2n) is 7.23. The summed E-state index contributed by atoms with van der Waals surface area (Å²) < 4.78 is 8.46. The number of carbonyl (C=O) groups excluding carboxylic acids is 1. The van der Waals surface area contributed by atoms with E-state index in [4.69, 9.17) is 4.74 Å². The van der Waals surface area contributed by atoms with Crippen molar-refractivity contribution in [1.29, 1.82) is 0 Å². The van der Waals surface area contributed by atoms with Crippen LogP contribution >= 0.6 is 11.3 Å². The summed E-state index contributed by atoms with van der Waals surface area (Å²) in [6, 6.07) is 7.22. The van der Waals surface area contributed by atoms with Crippen LogP contribution in [0.15, 0.2) is 35.4 Å². The number of aryl methyl sites for hydroxylation is 2. The summed E-state index contributed by atoms with van der Waals surface area (Å²) in [7, 11) is 0. The van der Waals surface area contributed by atoms with Crippen molar-refractivity contribution >= 4 is 38.8 Å². The number of anilines is 1. The molecule has 3 aromatic heterocycles. The zero-order valence-corrected chi connectivity index (χ0v) is 17.4. The molecule has 0 fully saturated rings. The second-order valence-corrected chi connectivity index (χ2v) is 8.32. The van der Waals surface area contributed by atoms with Crippen molar-refractivity contribution in [2.45, 2.75) is 39.2 Å². The van der Waals surface area contributed by atoms with Gasteiger partial charge in [-0.3, -0.25) is 4.79 Å².